The molecule has 0 aromatic carbocycles. The Bertz CT molecular complexity index is 534. The minimum absolute atomic E-state index is 0.216. The van der Waals surface area contributed by atoms with Crippen LogP contribution in [0.1, 0.15) is 27.4 Å². The van der Waals surface area contributed by atoms with E-state index < -0.39 is 5.97 Å². The highest BCUT2D eigenvalue weighted by atomic mass is 16.4. The highest BCUT2D eigenvalue weighted by Crippen LogP contribution is 2.14. The number of carbonyl (C=O) groups is 1. The first-order chi connectivity index (χ1) is 8.66. The number of aromatic nitrogens is 1. The molecule has 0 saturated carbocycles. The Balaban J connectivity index is 1.91. The van der Waals surface area contributed by atoms with Gasteiger partial charge in [-0.2, -0.15) is 0 Å². The summed E-state index contributed by atoms with van der Waals surface area (Å²) in [5.41, 5.74) is 1.28. The second-order valence-electron chi connectivity index (χ2n) is 3.95. The standard InChI is InChI=1S/C13H14N2O3/c1-9-12(13(16)17)5-11(18-9)8-15-7-10-3-2-4-14-6-10/h2-6,15H,7-8H2,1H3,(H,16,17). The molecule has 2 aromatic rings. The molecule has 0 atom stereocenters. The van der Waals surface area contributed by atoms with Crippen molar-refractivity contribution in [3.05, 3.63) is 53.2 Å². The summed E-state index contributed by atoms with van der Waals surface area (Å²) >= 11 is 0. The predicted molar refractivity (Wildman–Crippen MR) is 65.2 cm³/mol. The monoisotopic (exact) mass is 246 g/mol. The van der Waals surface area contributed by atoms with Crippen LogP contribution in [0.4, 0.5) is 0 Å². The number of hydrogen-bond donors (Lipinski definition) is 2. The van der Waals surface area contributed by atoms with Crippen molar-refractivity contribution < 1.29 is 14.3 Å². The number of hydrogen-bond acceptors (Lipinski definition) is 4. The van der Waals surface area contributed by atoms with Crippen molar-refractivity contribution >= 4 is 5.97 Å². The molecular weight excluding hydrogens is 232 g/mol. The minimum atomic E-state index is -0.963. The van der Waals surface area contributed by atoms with E-state index in [1.165, 1.54) is 0 Å². The summed E-state index contributed by atoms with van der Waals surface area (Å²) in [4.78, 5) is 14.9. The van der Waals surface area contributed by atoms with Crippen LogP contribution in [0.5, 0.6) is 0 Å². The largest absolute Gasteiger partial charge is 0.478 e. The second kappa shape index (κ2) is 5.46. The van der Waals surface area contributed by atoms with Gasteiger partial charge in [-0.1, -0.05) is 6.07 Å². The maximum atomic E-state index is 10.8. The Labute approximate surface area is 104 Å². The first-order valence-electron chi connectivity index (χ1n) is 5.59. The van der Waals surface area contributed by atoms with Crippen LogP contribution in [0, 0.1) is 6.92 Å². The van der Waals surface area contributed by atoms with E-state index in [9.17, 15) is 4.79 Å². The number of aromatic carboxylic acids is 1. The Morgan fingerprint density at radius 3 is 2.94 bits per heavy atom. The average molecular weight is 246 g/mol. The maximum Gasteiger partial charge on any atom is 0.339 e. The SMILES string of the molecule is Cc1oc(CNCc2cccnc2)cc1C(=O)O. The highest BCUT2D eigenvalue weighted by molar-refractivity contribution is 5.88. The molecule has 0 aliphatic heterocycles. The van der Waals surface area contributed by atoms with E-state index in [-0.39, 0.29) is 5.56 Å². The number of nitrogens with zero attached hydrogens (tertiary/aromatic N) is 1. The lowest BCUT2D eigenvalue weighted by atomic mass is 10.2. The number of pyridine rings is 1. The molecule has 2 N–H and O–H groups in total. The Morgan fingerprint density at radius 2 is 2.33 bits per heavy atom. The van der Waals surface area contributed by atoms with Crippen LogP contribution in [0.3, 0.4) is 0 Å². The number of nitrogens with one attached hydrogen (secondary N) is 1. The molecular formula is C13H14N2O3. The number of furan rings is 1. The van der Waals surface area contributed by atoms with Crippen LogP contribution >= 0.6 is 0 Å². The van der Waals surface area contributed by atoms with Gasteiger partial charge in [-0.15, -0.1) is 0 Å². The molecule has 0 aliphatic carbocycles. The van der Waals surface area contributed by atoms with Crippen molar-refractivity contribution in [2.75, 3.05) is 0 Å². The normalized spacial score (nSPS) is 10.5. The quantitative estimate of drug-likeness (QED) is 0.843. The molecule has 0 aliphatic rings. The molecule has 5 heteroatoms. The third-order valence-corrected chi connectivity index (χ3v) is 2.55. The van der Waals surface area contributed by atoms with Crippen molar-refractivity contribution in [2.45, 2.75) is 20.0 Å². The third-order valence-electron chi connectivity index (χ3n) is 2.55. The van der Waals surface area contributed by atoms with Gasteiger partial charge >= 0.3 is 5.97 Å². The fourth-order valence-corrected chi connectivity index (χ4v) is 1.68. The van der Waals surface area contributed by atoms with Gasteiger partial charge in [-0.25, -0.2) is 4.79 Å². The van der Waals surface area contributed by atoms with Gasteiger partial charge in [0.15, 0.2) is 0 Å². The zero-order valence-corrected chi connectivity index (χ0v) is 10.0. The van der Waals surface area contributed by atoms with Crippen LogP contribution in [0.25, 0.3) is 0 Å². The van der Waals surface area contributed by atoms with Crippen LogP contribution in [0.2, 0.25) is 0 Å². The molecule has 94 valence electrons. The van der Waals surface area contributed by atoms with E-state index >= 15 is 0 Å². The van der Waals surface area contributed by atoms with E-state index in [1.807, 2.05) is 12.1 Å². The fraction of sp³-hybridized carbons (Fsp3) is 0.231. The lowest BCUT2D eigenvalue weighted by molar-refractivity contribution is 0.0695. The number of rotatable bonds is 5. The van der Waals surface area contributed by atoms with Crippen molar-refractivity contribution in [1.29, 1.82) is 0 Å². The topological polar surface area (TPSA) is 75.4 Å². The maximum absolute atomic E-state index is 10.8. The zero-order chi connectivity index (χ0) is 13.0. The van der Waals surface area contributed by atoms with Gasteiger partial charge in [0, 0.05) is 18.9 Å². The molecule has 0 spiro atoms. The predicted octanol–water partition coefficient (Wildman–Crippen LogP) is 1.97. The van der Waals surface area contributed by atoms with Crippen molar-refractivity contribution in [3.8, 4) is 0 Å². The summed E-state index contributed by atoms with van der Waals surface area (Å²) in [6, 6.07) is 5.39. The van der Waals surface area contributed by atoms with Gasteiger partial charge in [-0.3, -0.25) is 4.98 Å². The molecule has 2 heterocycles. The summed E-state index contributed by atoms with van der Waals surface area (Å²) in [5.74, 6) is 0.0872. The van der Waals surface area contributed by atoms with Crippen molar-refractivity contribution in [3.63, 3.8) is 0 Å². The van der Waals surface area contributed by atoms with E-state index in [2.05, 4.69) is 10.3 Å². The van der Waals surface area contributed by atoms with Crippen LogP contribution < -0.4 is 5.32 Å². The molecule has 0 radical (unpaired) electrons. The van der Waals surface area contributed by atoms with Crippen LogP contribution in [-0.4, -0.2) is 16.1 Å². The average Bonchev–Trinajstić information content (AvgIpc) is 2.72. The van der Waals surface area contributed by atoms with E-state index in [4.69, 9.17) is 9.52 Å². The summed E-state index contributed by atoms with van der Waals surface area (Å²) in [6.07, 6.45) is 3.50. The Kier molecular flexibility index (Phi) is 3.74. The Hall–Kier alpha value is -2.14. The van der Waals surface area contributed by atoms with Crippen LogP contribution in [0.15, 0.2) is 35.0 Å². The van der Waals surface area contributed by atoms with E-state index in [1.54, 1.807) is 25.4 Å². The number of carboxylic acid groups (broad SMARTS) is 1. The molecule has 0 amide bonds. The Morgan fingerprint density at radius 1 is 1.50 bits per heavy atom. The van der Waals surface area contributed by atoms with Gasteiger partial charge < -0.3 is 14.8 Å². The molecule has 2 aromatic heterocycles. The summed E-state index contributed by atoms with van der Waals surface area (Å²) < 4.78 is 5.35. The smallest absolute Gasteiger partial charge is 0.339 e. The third kappa shape index (κ3) is 2.95. The first-order valence-corrected chi connectivity index (χ1v) is 5.59. The first kappa shape index (κ1) is 12.3. The molecule has 18 heavy (non-hydrogen) atoms. The molecule has 0 unspecified atom stereocenters. The molecule has 0 bridgehead atoms. The molecule has 0 fully saturated rings. The molecule has 0 saturated heterocycles. The lowest BCUT2D eigenvalue weighted by Gasteiger charge is -2.01. The van der Waals surface area contributed by atoms with E-state index in [0.29, 0.717) is 24.6 Å². The van der Waals surface area contributed by atoms with Crippen molar-refractivity contribution in [2.24, 2.45) is 0 Å². The zero-order valence-electron chi connectivity index (χ0n) is 10.0. The minimum Gasteiger partial charge on any atom is -0.478 e. The number of aryl methyl sites for hydroxylation is 1. The van der Waals surface area contributed by atoms with E-state index in [0.717, 1.165) is 5.56 Å². The summed E-state index contributed by atoms with van der Waals surface area (Å²) in [6.45, 7) is 2.80. The van der Waals surface area contributed by atoms with Gasteiger partial charge in [0.05, 0.1) is 6.54 Å². The summed E-state index contributed by atoms with van der Waals surface area (Å²) in [5, 5.41) is 12.1. The highest BCUT2D eigenvalue weighted by Gasteiger charge is 2.13. The van der Waals surface area contributed by atoms with Gasteiger partial charge in [0.2, 0.25) is 0 Å². The second-order valence-corrected chi connectivity index (χ2v) is 3.95. The molecule has 2 rings (SSSR count). The van der Waals surface area contributed by atoms with Crippen molar-refractivity contribution in [1.82, 2.24) is 10.3 Å². The van der Waals surface area contributed by atoms with Gasteiger partial charge in [0.1, 0.15) is 17.1 Å². The number of carboxylic acids is 1. The van der Waals surface area contributed by atoms with Gasteiger partial charge in [0.25, 0.3) is 0 Å². The fourth-order valence-electron chi connectivity index (χ4n) is 1.68. The van der Waals surface area contributed by atoms with Crippen LogP contribution in [-0.2, 0) is 13.1 Å². The lowest BCUT2D eigenvalue weighted by Crippen LogP contribution is -2.12. The molecule has 5 nitrogen and oxygen atoms in total. The van der Waals surface area contributed by atoms with Gasteiger partial charge in [-0.05, 0) is 24.6 Å². The summed E-state index contributed by atoms with van der Waals surface area (Å²) in [7, 11) is 0.